The Labute approximate surface area is 50.5 Å². The van der Waals surface area contributed by atoms with Crippen LogP contribution in [0.3, 0.4) is 0 Å². The summed E-state index contributed by atoms with van der Waals surface area (Å²) >= 11 is 0. The second-order valence-electron chi connectivity index (χ2n) is 3.25. The molecule has 46 valence electrons. The molecule has 0 radical (unpaired) electrons. The molecular weight excluding hydrogens is 98.1 g/mol. The summed E-state index contributed by atoms with van der Waals surface area (Å²) in [5, 5.41) is 3.52. The third-order valence-corrected chi connectivity index (χ3v) is 2.75. The minimum absolute atomic E-state index is 0.675. The molecule has 1 aliphatic heterocycles. The summed E-state index contributed by atoms with van der Waals surface area (Å²) in [5.74, 6) is 0.979. The molecule has 1 aliphatic carbocycles. The van der Waals surface area contributed by atoms with Crippen LogP contribution in [-0.4, -0.2) is 11.6 Å². The SMILES string of the molecule is CCC1NC12CC2C. The van der Waals surface area contributed by atoms with Crippen LogP contribution in [0.2, 0.25) is 0 Å². The van der Waals surface area contributed by atoms with E-state index in [1.54, 1.807) is 0 Å². The average molecular weight is 111 g/mol. The van der Waals surface area contributed by atoms with Crippen LogP contribution in [0.1, 0.15) is 26.7 Å². The van der Waals surface area contributed by atoms with Crippen molar-refractivity contribution in [2.24, 2.45) is 5.92 Å². The molecule has 2 aliphatic rings. The molecule has 2 rings (SSSR count). The molecule has 1 heteroatoms. The van der Waals surface area contributed by atoms with Gasteiger partial charge in [0.15, 0.2) is 0 Å². The van der Waals surface area contributed by atoms with Gasteiger partial charge in [0.1, 0.15) is 0 Å². The highest BCUT2D eigenvalue weighted by molar-refractivity contribution is 5.27. The first-order chi connectivity index (χ1) is 3.79. The molecule has 8 heavy (non-hydrogen) atoms. The largest absolute Gasteiger partial charge is 0.305 e. The first-order valence-electron chi connectivity index (χ1n) is 3.57. The Morgan fingerprint density at radius 1 is 1.75 bits per heavy atom. The minimum Gasteiger partial charge on any atom is -0.305 e. The molecular formula is C7H13N. The Morgan fingerprint density at radius 2 is 2.38 bits per heavy atom. The highest BCUT2D eigenvalue weighted by Crippen LogP contribution is 2.56. The maximum absolute atomic E-state index is 3.52. The second-order valence-corrected chi connectivity index (χ2v) is 3.25. The van der Waals surface area contributed by atoms with Crippen molar-refractivity contribution in [1.82, 2.24) is 5.32 Å². The van der Waals surface area contributed by atoms with Gasteiger partial charge in [0, 0.05) is 11.6 Å². The number of nitrogens with one attached hydrogen (secondary N) is 1. The zero-order chi connectivity index (χ0) is 5.78. The highest BCUT2D eigenvalue weighted by atomic mass is 15.3. The normalized spacial score (nSPS) is 59.2. The summed E-state index contributed by atoms with van der Waals surface area (Å²) in [6.07, 6.45) is 2.76. The fraction of sp³-hybridized carbons (Fsp3) is 1.00. The van der Waals surface area contributed by atoms with Gasteiger partial charge in [0.2, 0.25) is 0 Å². The van der Waals surface area contributed by atoms with Crippen LogP contribution in [0.15, 0.2) is 0 Å². The molecule has 1 saturated heterocycles. The summed E-state index contributed by atoms with van der Waals surface area (Å²) in [4.78, 5) is 0. The number of rotatable bonds is 1. The standard InChI is InChI=1S/C7H13N/c1-3-6-7(8-6)4-5(7)2/h5-6,8H,3-4H2,1-2H3. The van der Waals surface area contributed by atoms with Gasteiger partial charge < -0.3 is 5.32 Å². The van der Waals surface area contributed by atoms with Crippen molar-refractivity contribution in [2.45, 2.75) is 38.3 Å². The lowest BCUT2D eigenvalue weighted by Crippen LogP contribution is -1.92. The minimum atomic E-state index is 0.675. The summed E-state index contributed by atoms with van der Waals surface area (Å²) in [5.41, 5.74) is 0.675. The molecule has 1 heterocycles. The van der Waals surface area contributed by atoms with Gasteiger partial charge in [-0.3, -0.25) is 0 Å². The summed E-state index contributed by atoms with van der Waals surface area (Å²) in [6.45, 7) is 4.60. The Bertz CT molecular complexity index is 122. The molecule has 1 N–H and O–H groups in total. The third-order valence-electron chi connectivity index (χ3n) is 2.75. The lowest BCUT2D eigenvalue weighted by atomic mass is 10.2. The van der Waals surface area contributed by atoms with E-state index in [0.29, 0.717) is 5.54 Å². The van der Waals surface area contributed by atoms with Gasteiger partial charge in [0.05, 0.1) is 0 Å². The molecule has 1 nitrogen and oxygen atoms in total. The van der Waals surface area contributed by atoms with E-state index in [2.05, 4.69) is 19.2 Å². The Balaban J connectivity index is 1.97. The first-order valence-corrected chi connectivity index (χ1v) is 3.57. The van der Waals surface area contributed by atoms with E-state index in [1.165, 1.54) is 12.8 Å². The van der Waals surface area contributed by atoms with Gasteiger partial charge in [-0.15, -0.1) is 0 Å². The lowest BCUT2D eigenvalue weighted by molar-refractivity contribution is 0.802. The summed E-state index contributed by atoms with van der Waals surface area (Å²) < 4.78 is 0. The van der Waals surface area contributed by atoms with Crippen LogP contribution in [0, 0.1) is 5.92 Å². The van der Waals surface area contributed by atoms with Crippen LogP contribution in [0.4, 0.5) is 0 Å². The molecule has 0 bridgehead atoms. The lowest BCUT2D eigenvalue weighted by Gasteiger charge is -1.81. The van der Waals surface area contributed by atoms with Crippen LogP contribution in [-0.2, 0) is 0 Å². The van der Waals surface area contributed by atoms with Crippen molar-refractivity contribution >= 4 is 0 Å². The maximum atomic E-state index is 3.52. The van der Waals surface area contributed by atoms with Crippen LogP contribution in [0.25, 0.3) is 0 Å². The summed E-state index contributed by atoms with van der Waals surface area (Å²) in [7, 11) is 0. The third kappa shape index (κ3) is 0.368. The van der Waals surface area contributed by atoms with Crippen molar-refractivity contribution in [3.8, 4) is 0 Å². The van der Waals surface area contributed by atoms with Gasteiger partial charge in [-0.25, -0.2) is 0 Å². The average Bonchev–Trinajstić information content (AvgIpc) is 2.55. The molecule has 2 fully saturated rings. The predicted octanol–water partition coefficient (Wildman–Crippen LogP) is 1.15. The number of hydrogen-bond acceptors (Lipinski definition) is 1. The smallest absolute Gasteiger partial charge is 0.0367 e. The van der Waals surface area contributed by atoms with E-state index in [1.807, 2.05) is 0 Å². The Morgan fingerprint density at radius 3 is 2.50 bits per heavy atom. The van der Waals surface area contributed by atoms with Crippen molar-refractivity contribution in [3.05, 3.63) is 0 Å². The predicted molar refractivity (Wildman–Crippen MR) is 33.7 cm³/mol. The zero-order valence-electron chi connectivity index (χ0n) is 5.57. The monoisotopic (exact) mass is 111 g/mol. The second kappa shape index (κ2) is 1.10. The van der Waals surface area contributed by atoms with Gasteiger partial charge in [-0.2, -0.15) is 0 Å². The van der Waals surface area contributed by atoms with E-state index in [0.717, 1.165) is 12.0 Å². The topological polar surface area (TPSA) is 21.9 Å². The molecule has 0 aromatic rings. The van der Waals surface area contributed by atoms with Gasteiger partial charge in [-0.05, 0) is 18.8 Å². The fourth-order valence-corrected chi connectivity index (χ4v) is 1.88. The summed E-state index contributed by atoms with van der Waals surface area (Å²) in [6, 6.07) is 0.887. The fourth-order valence-electron chi connectivity index (χ4n) is 1.88. The molecule has 0 aromatic carbocycles. The Kier molecular flexibility index (Phi) is 0.663. The first kappa shape index (κ1) is 4.80. The molecule has 3 atom stereocenters. The van der Waals surface area contributed by atoms with Crippen LogP contribution < -0.4 is 5.32 Å². The van der Waals surface area contributed by atoms with E-state index in [-0.39, 0.29) is 0 Å². The van der Waals surface area contributed by atoms with E-state index >= 15 is 0 Å². The van der Waals surface area contributed by atoms with Gasteiger partial charge in [0.25, 0.3) is 0 Å². The zero-order valence-corrected chi connectivity index (χ0v) is 5.57. The molecule has 0 aromatic heterocycles. The maximum Gasteiger partial charge on any atom is 0.0367 e. The van der Waals surface area contributed by atoms with Crippen molar-refractivity contribution in [1.29, 1.82) is 0 Å². The van der Waals surface area contributed by atoms with Crippen LogP contribution >= 0.6 is 0 Å². The molecule has 1 spiro atoms. The molecule has 3 unspecified atom stereocenters. The number of hydrogen-bond donors (Lipinski definition) is 1. The Hall–Kier alpha value is -0.0400. The van der Waals surface area contributed by atoms with E-state index in [4.69, 9.17) is 0 Å². The van der Waals surface area contributed by atoms with E-state index < -0.39 is 0 Å². The molecule has 1 saturated carbocycles. The van der Waals surface area contributed by atoms with Gasteiger partial charge in [-0.1, -0.05) is 13.8 Å². The van der Waals surface area contributed by atoms with E-state index in [9.17, 15) is 0 Å². The quantitative estimate of drug-likeness (QED) is 0.504. The van der Waals surface area contributed by atoms with Crippen LogP contribution in [0.5, 0.6) is 0 Å². The highest BCUT2D eigenvalue weighted by Gasteiger charge is 2.67. The van der Waals surface area contributed by atoms with Gasteiger partial charge >= 0.3 is 0 Å². The van der Waals surface area contributed by atoms with Crippen molar-refractivity contribution in [3.63, 3.8) is 0 Å². The van der Waals surface area contributed by atoms with Crippen molar-refractivity contribution < 1.29 is 0 Å². The molecule has 0 amide bonds. The van der Waals surface area contributed by atoms with Crippen molar-refractivity contribution in [2.75, 3.05) is 0 Å².